The summed E-state index contributed by atoms with van der Waals surface area (Å²) in [6.45, 7) is 3.39. The third kappa shape index (κ3) is 3.06. The third-order valence-corrected chi connectivity index (χ3v) is 4.94. The van der Waals surface area contributed by atoms with Gasteiger partial charge in [0.1, 0.15) is 0 Å². The van der Waals surface area contributed by atoms with E-state index in [1.807, 2.05) is 12.1 Å². The quantitative estimate of drug-likeness (QED) is 0.804. The molecule has 1 aliphatic rings. The van der Waals surface area contributed by atoms with Gasteiger partial charge in [-0.15, -0.1) is 0 Å². The molecule has 1 saturated heterocycles. The lowest BCUT2D eigenvalue weighted by atomic mass is 10.1. The highest BCUT2D eigenvalue weighted by Crippen LogP contribution is 2.31. The normalized spacial score (nSPS) is 16.0. The Bertz CT molecular complexity index is 855. The topological polar surface area (TPSA) is 54.5 Å². The van der Waals surface area contributed by atoms with Gasteiger partial charge in [0, 0.05) is 18.5 Å². The zero-order chi connectivity index (χ0) is 15.6. The first-order valence-electron chi connectivity index (χ1n) is 7.68. The average Bonchev–Trinajstić information content (AvgIpc) is 2.98. The number of ether oxygens (including phenoxy) is 1. The molecule has 0 spiro atoms. The standard InChI is InChI=1S/C17H17N3O2S/c21-15(11-20-7-9-22-10-8-20)18-17-19-16-13-4-2-1-3-12(13)5-6-14(16)23-17/h1-6H,7-11H2,(H,18,19,21). The lowest BCUT2D eigenvalue weighted by molar-refractivity contribution is -0.118. The van der Waals surface area contributed by atoms with E-state index in [2.05, 4.69) is 39.5 Å². The summed E-state index contributed by atoms with van der Waals surface area (Å²) in [5, 5.41) is 5.87. The number of amides is 1. The first-order valence-corrected chi connectivity index (χ1v) is 8.49. The maximum absolute atomic E-state index is 12.2. The van der Waals surface area contributed by atoms with E-state index in [0.29, 0.717) is 24.9 Å². The summed E-state index contributed by atoms with van der Waals surface area (Å²) < 4.78 is 6.38. The molecule has 1 fully saturated rings. The van der Waals surface area contributed by atoms with Gasteiger partial charge in [-0.2, -0.15) is 0 Å². The predicted octanol–water partition coefficient (Wildman–Crippen LogP) is 2.72. The molecule has 1 N–H and O–H groups in total. The van der Waals surface area contributed by atoms with Gasteiger partial charge >= 0.3 is 0 Å². The number of hydrogen-bond acceptors (Lipinski definition) is 5. The van der Waals surface area contributed by atoms with E-state index in [1.165, 1.54) is 11.3 Å². The Labute approximate surface area is 137 Å². The van der Waals surface area contributed by atoms with Crippen molar-refractivity contribution in [3.8, 4) is 0 Å². The van der Waals surface area contributed by atoms with E-state index < -0.39 is 0 Å². The second-order valence-electron chi connectivity index (χ2n) is 5.59. The Morgan fingerprint density at radius 1 is 1.22 bits per heavy atom. The number of fused-ring (bicyclic) bond motifs is 3. The molecular formula is C17H17N3O2S. The summed E-state index contributed by atoms with van der Waals surface area (Å²) in [4.78, 5) is 18.9. The number of rotatable bonds is 3. The van der Waals surface area contributed by atoms with Crippen LogP contribution in [0, 0.1) is 0 Å². The number of hydrogen-bond donors (Lipinski definition) is 1. The van der Waals surface area contributed by atoms with Crippen LogP contribution in [0.1, 0.15) is 0 Å². The van der Waals surface area contributed by atoms with Gasteiger partial charge in [0.15, 0.2) is 5.13 Å². The Morgan fingerprint density at radius 2 is 2.04 bits per heavy atom. The molecule has 1 amide bonds. The fourth-order valence-electron chi connectivity index (χ4n) is 2.84. The molecule has 118 valence electrons. The number of thiazole rings is 1. The summed E-state index contributed by atoms with van der Waals surface area (Å²) in [5.74, 6) is -0.0183. The van der Waals surface area contributed by atoms with E-state index >= 15 is 0 Å². The van der Waals surface area contributed by atoms with Crippen molar-refractivity contribution in [1.82, 2.24) is 9.88 Å². The Hall–Kier alpha value is -2.02. The van der Waals surface area contributed by atoms with Crippen LogP contribution < -0.4 is 5.32 Å². The summed E-state index contributed by atoms with van der Waals surface area (Å²) >= 11 is 1.52. The molecule has 2 heterocycles. The number of benzene rings is 2. The smallest absolute Gasteiger partial charge is 0.240 e. The highest BCUT2D eigenvalue weighted by atomic mass is 32.1. The molecule has 5 nitrogen and oxygen atoms in total. The van der Waals surface area contributed by atoms with Crippen molar-refractivity contribution in [3.63, 3.8) is 0 Å². The van der Waals surface area contributed by atoms with E-state index in [0.717, 1.165) is 34.1 Å². The molecule has 3 aromatic rings. The number of carbonyl (C=O) groups excluding carboxylic acids is 1. The van der Waals surface area contributed by atoms with Crippen LogP contribution in [0.4, 0.5) is 5.13 Å². The highest BCUT2D eigenvalue weighted by molar-refractivity contribution is 7.22. The van der Waals surface area contributed by atoms with Crippen LogP contribution in [0.25, 0.3) is 21.0 Å². The monoisotopic (exact) mass is 327 g/mol. The number of nitrogens with zero attached hydrogens (tertiary/aromatic N) is 2. The summed E-state index contributed by atoms with van der Waals surface area (Å²) in [7, 11) is 0. The maximum atomic E-state index is 12.2. The van der Waals surface area contributed by atoms with Gasteiger partial charge in [-0.25, -0.2) is 4.98 Å². The largest absolute Gasteiger partial charge is 0.379 e. The van der Waals surface area contributed by atoms with Crippen molar-refractivity contribution in [2.24, 2.45) is 0 Å². The first-order chi connectivity index (χ1) is 11.3. The van der Waals surface area contributed by atoms with Gasteiger partial charge in [0.05, 0.1) is 30.0 Å². The second kappa shape index (κ2) is 6.23. The van der Waals surface area contributed by atoms with Crippen molar-refractivity contribution >= 4 is 43.4 Å². The molecule has 0 unspecified atom stereocenters. The molecule has 1 aromatic heterocycles. The number of aromatic nitrogens is 1. The summed E-state index contributed by atoms with van der Waals surface area (Å²) in [5.41, 5.74) is 0.953. The fraction of sp³-hybridized carbons (Fsp3) is 0.294. The molecular weight excluding hydrogens is 310 g/mol. The minimum Gasteiger partial charge on any atom is -0.379 e. The van der Waals surface area contributed by atoms with Crippen molar-refractivity contribution in [2.75, 3.05) is 38.2 Å². The molecule has 0 bridgehead atoms. The van der Waals surface area contributed by atoms with E-state index in [4.69, 9.17) is 4.74 Å². The van der Waals surface area contributed by atoms with Crippen molar-refractivity contribution < 1.29 is 9.53 Å². The third-order valence-electron chi connectivity index (χ3n) is 4.00. The van der Waals surface area contributed by atoms with Gasteiger partial charge in [0.2, 0.25) is 5.91 Å². The molecule has 0 atom stereocenters. The van der Waals surface area contributed by atoms with Crippen LogP contribution >= 0.6 is 11.3 Å². The minimum absolute atomic E-state index is 0.0183. The number of carbonyl (C=O) groups is 1. The zero-order valence-electron chi connectivity index (χ0n) is 12.6. The summed E-state index contributed by atoms with van der Waals surface area (Å²) in [6, 6.07) is 12.3. The second-order valence-corrected chi connectivity index (χ2v) is 6.62. The van der Waals surface area contributed by atoms with Gasteiger partial charge in [-0.05, 0) is 11.5 Å². The molecule has 23 heavy (non-hydrogen) atoms. The molecule has 0 radical (unpaired) electrons. The molecule has 6 heteroatoms. The Morgan fingerprint density at radius 3 is 2.91 bits per heavy atom. The van der Waals surface area contributed by atoms with Crippen LogP contribution in [0.3, 0.4) is 0 Å². The fourth-order valence-corrected chi connectivity index (χ4v) is 3.73. The van der Waals surface area contributed by atoms with Crippen molar-refractivity contribution in [2.45, 2.75) is 0 Å². The van der Waals surface area contributed by atoms with Gasteiger partial charge in [-0.1, -0.05) is 41.7 Å². The summed E-state index contributed by atoms with van der Waals surface area (Å²) in [6.07, 6.45) is 0. The van der Waals surface area contributed by atoms with Gasteiger partial charge in [0.25, 0.3) is 0 Å². The van der Waals surface area contributed by atoms with Crippen molar-refractivity contribution in [3.05, 3.63) is 36.4 Å². The average molecular weight is 327 g/mol. The van der Waals surface area contributed by atoms with E-state index in [1.54, 1.807) is 0 Å². The molecule has 0 saturated carbocycles. The van der Waals surface area contributed by atoms with Gasteiger partial charge < -0.3 is 10.1 Å². The first kappa shape index (κ1) is 14.6. The highest BCUT2D eigenvalue weighted by Gasteiger charge is 2.15. The Balaban J connectivity index is 1.54. The lowest BCUT2D eigenvalue weighted by Gasteiger charge is -2.25. The number of nitrogens with one attached hydrogen (secondary N) is 1. The van der Waals surface area contributed by atoms with Crippen LogP contribution in [0.2, 0.25) is 0 Å². The van der Waals surface area contributed by atoms with Crippen LogP contribution in [0.5, 0.6) is 0 Å². The van der Waals surface area contributed by atoms with Crippen LogP contribution in [-0.2, 0) is 9.53 Å². The number of morpholine rings is 1. The molecule has 4 rings (SSSR count). The zero-order valence-corrected chi connectivity index (χ0v) is 13.4. The molecule has 0 aliphatic carbocycles. The number of anilines is 1. The Kier molecular flexibility index (Phi) is 3.95. The predicted molar refractivity (Wildman–Crippen MR) is 93.0 cm³/mol. The maximum Gasteiger partial charge on any atom is 0.240 e. The molecule has 2 aromatic carbocycles. The molecule has 1 aliphatic heterocycles. The van der Waals surface area contributed by atoms with Crippen LogP contribution in [0.15, 0.2) is 36.4 Å². The van der Waals surface area contributed by atoms with Crippen molar-refractivity contribution in [1.29, 1.82) is 0 Å². The lowest BCUT2D eigenvalue weighted by Crippen LogP contribution is -2.41. The minimum atomic E-state index is -0.0183. The van der Waals surface area contributed by atoms with Crippen LogP contribution in [-0.4, -0.2) is 48.6 Å². The van der Waals surface area contributed by atoms with E-state index in [9.17, 15) is 4.79 Å². The SMILES string of the molecule is O=C(CN1CCOCC1)Nc1nc2c(ccc3ccccc32)s1. The van der Waals surface area contributed by atoms with E-state index in [-0.39, 0.29) is 5.91 Å². The van der Waals surface area contributed by atoms with Gasteiger partial charge in [-0.3, -0.25) is 9.69 Å².